The van der Waals surface area contributed by atoms with E-state index in [1.807, 2.05) is 6.92 Å². The molecule has 0 N–H and O–H groups in total. The largest absolute Gasteiger partial charge is 1.00 e. The molecule has 0 saturated heterocycles. The van der Waals surface area contributed by atoms with Crippen LogP contribution in [0.1, 0.15) is 20.3 Å². The molecule has 0 radical (unpaired) electrons. The summed E-state index contributed by atoms with van der Waals surface area (Å²) in [6.07, 6.45) is -0.464. The van der Waals surface area contributed by atoms with E-state index in [-0.39, 0.29) is 35.5 Å². The Labute approximate surface area is 83.1 Å². The Kier molecular flexibility index (Phi) is 10.7. The third kappa shape index (κ3) is 5.62. The topological polar surface area (TPSA) is 32.3 Å². The Balaban J connectivity index is 0. The second kappa shape index (κ2) is 7.95. The van der Waals surface area contributed by atoms with Gasteiger partial charge in [-0.3, -0.25) is 0 Å². The Morgan fingerprint density at radius 1 is 1.60 bits per heavy atom. The molecular formula is C6H12FNaO2. The van der Waals surface area contributed by atoms with E-state index >= 15 is 0 Å². The van der Waals surface area contributed by atoms with Crippen molar-refractivity contribution < 1.29 is 43.8 Å². The summed E-state index contributed by atoms with van der Waals surface area (Å²) < 4.78 is 15.5. The van der Waals surface area contributed by atoms with Crippen LogP contribution in [0.5, 0.6) is 0 Å². The molecule has 0 aliphatic carbocycles. The Morgan fingerprint density at radius 2 is 2.10 bits per heavy atom. The van der Waals surface area contributed by atoms with Gasteiger partial charge in [-0.05, 0) is 12.2 Å². The third-order valence-corrected chi connectivity index (χ3v) is 1.34. The summed E-state index contributed by atoms with van der Waals surface area (Å²) in [6.45, 7) is 2.64. The summed E-state index contributed by atoms with van der Waals surface area (Å²) in [5, 5.41) is 10.6. The molecule has 4 heteroatoms. The van der Waals surface area contributed by atoms with Gasteiger partial charge in [0.2, 0.25) is 0 Å². The van der Waals surface area contributed by atoms with Gasteiger partial charge in [0.1, 0.15) is 0 Å². The van der Waals surface area contributed by atoms with Crippen molar-refractivity contribution in [2.24, 2.45) is 5.92 Å². The van der Waals surface area contributed by atoms with Crippen LogP contribution in [0.2, 0.25) is 0 Å². The molecule has 0 aliphatic heterocycles. The molecule has 2 unspecified atom stereocenters. The Hall–Kier alpha value is 0.850. The first-order valence-electron chi connectivity index (χ1n) is 3.05. The van der Waals surface area contributed by atoms with Gasteiger partial charge in [0, 0.05) is 0 Å². The maximum atomic E-state index is 11.3. The van der Waals surface area contributed by atoms with Crippen molar-refractivity contribution in [3.8, 4) is 0 Å². The minimum absolute atomic E-state index is 0. The molecule has 0 aromatic heterocycles. The molecule has 0 rings (SSSR count). The van der Waals surface area contributed by atoms with E-state index in [0.29, 0.717) is 0 Å². The number of alkyl halides is 1. The van der Waals surface area contributed by atoms with Crippen molar-refractivity contribution in [3.05, 3.63) is 0 Å². The number of hydrogen-bond donors (Lipinski definition) is 0. The molecule has 0 bridgehead atoms. The monoisotopic (exact) mass is 158 g/mol. The van der Waals surface area contributed by atoms with Crippen LogP contribution in [-0.2, 0) is 4.74 Å². The summed E-state index contributed by atoms with van der Waals surface area (Å²) in [7, 11) is 0. The molecule has 0 spiro atoms. The van der Waals surface area contributed by atoms with Gasteiger partial charge in [-0.15, -0.1) is 0 Å². The molecule has 10 heavy (non-hydrogen) atoms. The van der Waals surface area contributed by atoms with Crippen LogP contribution in [0.25, 0.3) is 0 Å². The quantitative estimate of drug-likeness (QED) is 0.339. The Bertz CT molecular complexity index is 72.8. The van der Waals surface area contributed by atoms with Gasteiger partial charge in [0.25, 0.3) is 0 Å². The van der Waals surface area contributed by atoms with Crippen LogP contribution in [0.3, 0.4) is 0 Å². The maximum absolute atomic E-state index is 11.3. The number of hydrogen-bond acceptors (Lipinski definition) is 2. The number of halogens is 1. The molecule has 56 valence electrons. The minimum Gasteiger partial charge on any atom is -0.831 e. The Morgan fingerprint density at radius 3 is 2.40 bits per heavy atom. The zero-order chi connectivity index (χ0) is 7.28. The minimum atomic E-state index is -1.19. The van der Waals surface area contributed by atoms with E-state index in [1.165, 1.54) is 0 Å². The van der Waals surface area contributed by atoms with Gasteiger partial charge >= 0.3 is 29.6 Å². The summed E-state index contributed by atoms with van der Waals surface area (Å²) in [5.41, 5.74) is 0. The second-order valence-electron chi connectivity index (χ2n) is 2.03. The third-order valence-electron chi connectivity index (χ3n) is 1.34. The molecule has 2 atom stereocenters. The molecule has 0 aliphatic rings. The van der Waals surface area contributed by atoms with E-state index in [0.717, 1.165) is 6.42 Å². The van der Waals surface area contributed by atoms with Crippen LogP contribution in [0.4, 0.5) is 4.39 Å². The molecule has 0 aromatic carbocycles. The fraction of sp³-hybridized carbons (Fsp3) is 1.00. The van der Waals surface area contributed by atoms with Crippen molar-refractivity contribution in [1.29, 1.82) is 0 Å². The first kappa shape index (κ1) is 13.4. The molecule has 2 nitrogen and oxygen atoms in total. The summed E-state index contributed by atoms with van der Waals surface area (Å²) in [5.74, 6) is -0.0965. The average Bonchev–Trinajstić information content (AvgIpc) is 1.87. The van der Waals surface area contributed by atoms with Crippen LogP contribution >= 0.6 is 0 Å². The first-order valence-corrected chi connectivity index (χ1v) is 3.05. The maximum Gasteiger partial charge on any atom is 1.00 e. The smallest absolute Gasteiger partial charge is 0.831 e. The molecular weight excluding hydrogens is 146 g/mol. The van der Waals surface area contributed by atoms with E-state index in [2.05, 4.69) is 4.74 Å². The number of rotatable bonds is 4. The van der Waals surface area contributed by atoms with Crippen molar-refractivity contribution in [2.75, 3.05) is 6.86 Å². The van der Waals surface area contributed by atoms with Crippen LogP contribution in [0, 0.1) is 5.92 Å². The zero-order valence-electron chi connectivity index (χ0n) is 6.76. The van der Waals surface area contributed by atoms with E-state index in [1.54, 1.807) is 6.92 Å². The molecule has 0 amide bonds. The summed E-state index contributed by atoms with van der Waals surface area (Å²) >= 11 is 0. The molecule has 0 saturated carbocycles. The van der Waals surface area contributed by atoms with Gasteiger partial charge in [0.05, 0.1) is 0 Å². The molecule has 0 heterocycles. The van der Waals surface area contributed by atoms with Crippen LogP contribution in [-0.4, -0.2) is 13.2 Å². The van der Waals surface area contributed by atoms with E-state index in [9.17, 15) is 9.50 Å². The van der Waals surface area contributed by atoms with Gasteiger partial charge in [-0.2, -0.15) is 0 Å². The SMILES string of the molecule is CCC(C)C([O-])OCF.[Na+]. The standard InChI is InChI=1S/C6H12FO2.Na/c1-3-5(2)6(8)9-4-7;/h5-6H,3-4H2,1-2H3;/q-1;+1. The predicted octanol–water partition coefficient (Wildman–Crippen LogP) is -2.33. The van der Waals surface area contributed by atoms with Gasteiger partial charge < -0.3 is 9.84 Å². The van der Waals surface area contributed by atoms with Gasteiger partial charge in [0.15, 0.2) is 6.86 Å². The normalized spacial score (nSPS) is 15.6. The average molecular weight is 158 g/mol. The van der Waals surface area contributed by atoms with Crippen molar-refractivity contribution in [3.63, 3.8) is 0 Å². The van der Waals surface area contributed by atoms with Crippen molar-refractivity contribution >= 4 is 0 Å². The van der Waals surface area contributed by atoms with Crippen LogP contribution < -0.4 is 34.7 Å². The van der Waals surface area contributed by atoms with Gasteiger partial charge in [-0.25, -0.2) is 4.39 Å². The fourth-order valence-corrected chi connectivity index (χ4v) is 0.419. The molecule has 0 aromatic rings. The van der Waals surface area contributed by atoms with Crippen LogP contribution in [0.15, 0.2) is 0 Å². The summed E-state index contributed by atoms with van der Waals surface area (Å²) in [4.78, 5) is 0. The van der Waals surface area contributed by atoms with Crippen molar-refractivity contribution in [1.82, 2.24) is 0 Å². The predicted molar refractivity (Wildman–Crippen MR) is 30.3 cm³/mol. The fourth-order valence-electron chi connectivity index (χ4n) is 0.419. The molecule has 0 fully saturated rings. The first-order chi connectivity index (χ1) is 4.22. The second-order valence-corrected chi connectivity index (χ2v) is 2.03. The van der Waals surface area contributed by atoms with Gasteiger partial charge in [-0.1, -0.05) is 20.3 Å². The zero-order valence-corrected chi connectivity index (χ0v) is 8.76. The van der Waals surface area contributed by atoms with E-state index < -0.39 is 13.2 Å². The van der Waals surface area contributed by atoms with Crippen molar-refractivity contribution in [2.45, 2.75) is 26.6 Å². The summed E-state index contributed by atoms with van der Waals surface area (Å²) in [6, 6.07) is 0. The van der Waals surface area contributed by atoms with E-state index in [4.69, 9.17) is 0 Å². The number of ether oxygens (including phenoxy) is 1.